The number of aromatic nitrogens is 2. The summed E-state index contributed by atoms with van der Waals surface area (Å²) in [4.78, 5) is 31.3. The van der Waals surface area contributed by atoms with Gasteiger partial charge in [-0.15, -0.1) is 0 Å². The molecule has 2 aromatic heterocycles. The molecule has 1 unspecified atom stereocenters. The molecule has 0 radical (unpaired) electrons. The summed E-state index contributed by atoms with van der Waals surface area (Å²) >= 11 is 0. The zero-order valence-electron chi connectivity index (χ0n) is 19.4. The summed E-state index contributed by atoms with van der Waals surface area (Å²) in [5.74, 6) is 0.0587. The fraction of sp³-hybridized carbons (Fsp3) is 0.435. The van der Waals surface area contributed by atoms with Gasteiger partial charge in [0.15, 0.2) is 0 Å². The minimum atomic E-state index is -3.59. The van der Waals surface area contributed by atoms with Crippen LogP contribution < -0.4 is 0 Å². The third kappa shape index (κ3) is 4.71. The van der Waals surface area contributed by atoms with E-state index in [9.17, 15) is 18.0 Å². The van der Waals surface area contributed by atoms with Crippen molar-refractivity contribution >= 4 is 32.9 Å². The summed E-state index contributed by atoms with van der Waals surface area (Å²) in [6.07, 6.45) is 2.46. The Morgan fingerprint density at radius 2 is 2.09 bits per heavy atom. The molecule has 11 heteroatoms. The molecule has 3 heterocycles. The average Bonchev–Trinajstić information content (AvgIpc) is 3.52. The van der Waals surface area contributed by atoms with E-state index in [-0.39, 0.29) is 30.4 Å². The van der Waals surface area contributed by atoms with E-state index >= 15 is 0 Å². The van der Waals surface area contributed by atoms with Crippen LogP contribution in [0.3, 0.4) is 0 Å². The van der Waals surface area contributed by atoms with Crippen LogP contribution >= 0.6 is 0 Å². The minimum Gasteiger partial charge on any atom is -0.467 e. The standard InChI is InChI=1S/C23H28N4O6S/c1-4-9-27-20-8-7-18(34(30,31)25(2)3)12-19(20)24-21(27)15-33-23(29)16-11-22(28)26(13-16)14-17-6-5-10-32-17/h5-8,10,12,16H,4,9,11,13-15H2,1-3H3. The Morgan fingerprint density at radius 1 is 1.29 bits per heavy atom. The second-order valence-corrected chi connectivity index (χ2v) is 10.6. The number of hydrogen-bond acceptors (Lipinski definition) is 7. The molecule has 4 rings (SSSR count). The normalized spacial score (nSPS) is 16.6. The maximum absolute atomic E-state index is 12.7. The lowest BCUT2D eigenvalue weighted by molar-refractivity contribution is -0.150. The maximum Gasteiger partial charge on any atom is 0.311 e. The van der Waals surface area contributed by atoms with Gasteiger partial charge in [0.2, 0.25) is 15.9 Å². The third-order valence-corrected chi connectivity index (χ3v) is 7.65. The van der Waals surface area contributed by atoms with E-state index in [1.807, 2.05) is 11.5 Å². The molecular weight excluding hydrogens is 460 g/mol. The van der Waals surface area contributed by atoms with Crippen molar-refractivity contribution in [2.24, 2.45) is 5.92 Å². The number of sulfonamides is 1. The van der Waals surface area contributed by atoms with Gasteiger partial charge < -0.3 is 18.6 Å². The lowest BCUT2D eigenvalue weighted by Crippen LogP contribution is -2.26. The van der Waals surface area contributed by atoms with Gasteiger partial charge in [-0.05, 0) is 36.8 Å². The van der Waals surface area contributed by atoms with Gasteiger partial charge in [0.25, 0.3) is 0 Å². The van der Waals surface area contributed by atoms with Crippen molar-refractivity contribution in [3.05, 3.63) is 48.2 Å². The van der Waals surface area contributed by atoms with Crippen molar-refractivity contribution in [2.45, 2.75) is 44.4 Å². The molecule has 1 aliphatic rings. The highest BCUT2D eigenvalue weighted by Gasteiger charge is 2.36. The number of furan rings is 1. The van der Waals surface area contributed by atoms with Gasteiger partial charge in [-0.2, -0.15) is 0 Å². The molecule has 0 N–H and O–H groups in total. The number of benzene rings is 1. The topological polar surface area (TPSA) is 115 Å². The first kappa shape index (κ1) is 24.0. The number of carbonyl (C=O) groups excluding carboxylic acids is 2. The molecule has 0 aliphatic carbocycles. The number of aryl methyl sites for hydroxylation is 1. The zero-order chi connectivity index (χ0) is 24.5. The first-order valence-corrected chi connectivity index (χ1v) is 12.5. The minimum absolute atomic E-state index is 0.0633. The highest BCUT2D eigenvalue weighted by Crippen LogP contribution is 2.25. The molecule has 0 bridgehead atoms. The Bertz CT molecular complexity index is 1300. The second kappa shape index (κ2) is 9.59. The molecule has 1 aromatic carbocycles. The highest BCUT2D eigenvalue weighted by atomic mass is 32.2. The molecule has 1 saturated heterocycles. The average molecular weight is 489 g/mol. The summed E-state index contributed by atoms with van der Waals surface area (Å²) in [5, 5.41) is 0. The van der Waals surface area contributed by atoms with Gasteiger partial charge in [-0.3, -0.25) is 9.59 Å². The van der Waals surface area contributed by atoms with E-state index in [2.05, 4.69) is 4.98 Å². The van der Waals surface area contributed by atoms with Gasteiger partial charge in [0.1, 0.15) is 18.2 Å². The summed E-state index contributed by atoms with van der Waals surface area (Å²) in [6.45, 7) is 3.19. The number of fused-ring (bicyclic) bond motifs is 1. The van der Waals surface area contributed by atoms with E-state index in [1.165, 1.54) is 20.2 Å². The molecule has 34 heavy (non-hydrogen) atoms. The van der Waals surface area contributed by atoms with Crippen molar-refractivity contribution in [1.82, 2.24) is 18.8 Å². The van der Waals surface area contributed by atoms with Crippen LogP contribution in [0.5, 0.6) is 0 Å². The van der Waals surface area contributed by atoms with Crippen LogP contribution in [0, 0.1) is 5.92 Å². The third-order valence-electron chi connectivity index (χ3n) is 5.84. The zero-order valence-corrected chi connectivity index (χ0v) is 20.2. The number of amides is 1. The van der Waals surface area contributed by atoms with E-state index in [0.717, 1.165) is 16.2 Å². The molecule has 10 nitrogen and oxygen atoms in total. The van der Waals surface area contributed by atoms with Crippen molar-refractivity contribution in [1.29, 1.82) is 0 Å². The predicted octanol–water partition coefficient (Wildman–Crippen LogP) is 2.38. The van der Waals surface area contributed by atoms with Crippen LogP contribution in [0.2, 0.25) is 0 Å². The van der Waals surface area contributed by atoms with Crippen molar-refractivity contribution < 1.29 is 27.2 Å². The lowest BCUT2D eigenvalue weighted by atomic mass is 10.1. The van der Waals surface area contributed by atoms with Crippen LogP contribution in [0.4, 0.5) is 0 Å². The van der Waals surface area contributed by atoms with Gasteiger partial charge in [-0.25, -0.2) is 17.7 Å². The Hall–Kier alpha value is -3.18. The monoisotopic (exact) mass is 488 g/mol. The number of esters is 1. The Morgan fingerprint density at radius 3 is 2.76 bits per heavy atom. The molecule has 182 valence electrons. The van der Waals surface area contributed by atoms with Gasteiger partial charge in [0, 0.05) is 33.6 Å². The summed E-state index contributed by atoms with van der Waals surface area (Å²) < 4.78 is 38.9. The van der Waals surface area contributed by atoms with Gasteiger partial charge in [0.05, 0.1) is 34.7 Å². The van der Waals surface area contributed by atoms with Crippen molar-refractivity contribution in [3.63, 3.8) is 0 Å². The van der Waals surface area contributed by atoms with Crippen molar-refractivity contribution in [3.8, 4) is 0 Å². The highest BCUT2D eigenvalue weighted by molar-refractivity contribution is 7.89. The van der Waals surface area contributed by atoms with E-state index in [4.69, 9.17) is 9.15 Å². The van der Waals surface area contributed by atoms with Crippen LogP contribution in [0.1, 0.15) is 31.4 Å². The number of carbonyl (C=O) groups is 2. The molecule has 1 aliphatic heterocycles. The van der Waals surface area contributed by atoms with Crippen molar-refractivity contribution in [2.75, 3.05) is 20.6 Å². The number of likely N-dealkylation sites (tertiary alicyclic amines) is 1. The molecule has 0 spiro atoms. The molecular formula is C23H28N4O6S. The number of nitrogens with zero attached hydrogens (tertiary/aromatic N) is 4. The number of hydrogen-bond donors (Lipinski definition) is 0. The van der Waals surface area contributed by atoms with Gasteiger partial charge >= 0.3 is 5.97 Å². The first-order chi connectivity index (χ1) is 16.2. The molecule has 1 fully saturated rings. The SMILES string of the molecule is CCCn1c(COC(=O)C2CC(=O)N(Cc3ccco3)C2)nc2cc(S(=O)(=O)N(C)C)ccc21. The Labute approximate surface area is 198 Å². The Kier molecular flexibility index (Phi) is 6.76. The molecule has 0 saturated carbocycles. The summed E-state index contributed by atoms with van der Waals surface area (Å²) in [6, 6.07) is 8.35. The predicted molar refractivity (Wildman–Crippen MR) is 123 cm³/mol. The first-order valence-electron chi connectivity index (χ1n) is 11.1. The fourth-order valence-electron chi connectivity index (χ4n) is 4.04. The quantitative estimate of drug-likeness (QED) is 0.425. The van der Waals surface area contributed by atoms with Crippen LogP contribution in [0.15, 0.2) is 45.9 Å². The maximum atomic E-state index is 12.7. The second-order valence-electron chi connectivity index (χ2n) is 8.48. The number of ether oxygens (including phenoxy) is 1. The van der Waals surface area contributed by atoms with Gasteiger partial charge in [-0.1, -0.05) is 6.92 Å². The molecule has 3 aromatic rings. The summed E-state index contributed by atoms with van der Waals surface area (Å²) in [5.41, 5.74) is 1.29. The van der Waals surface area contributed by atoms with Crippen LogP contribution in [0.25, 0.3) is 11.0 Å². The largest absolute Gasteiger partial charge is 0.467 e. The Balaban J connectivity index is 1.48. The van der Waals surface area contributed by atoms with Crippen LogP contribution in [-0.2, 0) is 44.0 Å². The molecule has 1 amide bonds. The van der Waals surface area contributed by atoms with E-state index in [0.29, 0.717) is 30.2 Å². The van der Waals surface area contributed by atoms with Crippen LogP contribution in [-0.4, -0.2) is 59.7 Å². The van der Waals surface area contributed by atoms with E-state index in [1.54, 1.807) is 35.4 Å². The van der Waals surface area contributed by atoms with E-state index < -0.39 is 21.9 Å². The lowest BCUT2D eigenvalue weighted by Gasteiger charge is -2.15. The smallest absolute Gasteiger partial charge is 0.311 e. The number of imidazole rings is 1. The fourth-order valence-corrected chi connectivity index (χ4v) is 4.96. The summed E-state index contributed by atoms with van der Waals surface area (Å²) in [7, 11) is -0.643. The number of rotatable bonds is 9. The molecule has 1 atom stereocenters.